The highest BCUT2D eigenvalue weighted by Crippen LogP contribution is 2.06. The average molecular weight is 311 g/mol. The van der Waals surface area contributed by atoms with Gasteiger partial charge in [-0.2, -0.15) is 0 Å². The summed E-state index contributed by atoms with van der Waals surface area (Å²) >= 11 is 0. The van der Waals surface area contributed by atoms with Crippen LogP contribution >= 0.6 is 0 Å². The van der Waals surface area contributed by atoms with Gasteiger partial charge in [0.25, 0.3) is 0 Å². The molecule has 2 aliphatic heterocycles. The minimum Gasteiger partial charge on any atom is -0.374 e. The molecule has 0 saturated carbocycles. The van der Waals surface area contributed by atoms with E-state index in [-0.39, 0.29) is 12.0 Å². The van der Waals surface area contributed by atoms with Crippen LogP contribution < -0.4 is 5.32 Å². The number of hydrogen-bond donors (Lipinski definition) is 1. The number of amides is 1. The Bertz CT molecular complexity index is 393. The van der Waals surface area contributed by atoms with Gasteiger partial charge in [-0.15, -0.1) is 0 Å². The molecule has 0 aromatic heterocycles. The maximum Gasteiger partial charge on any atom is 0.219 e. The van der Waals surface area contributed by atoms with Crippen molar-refractivity contribution in [1.82, 2.24) is 20.0 Å². The van der Waals surface area contributed by atoms with Crippen molar-refractivity contribution in [2.45, 2.75) is 20.0 Å². The van der Waals surface area contributed by atoms with E-state index in [0.717, 1.165) is 58.4 Å². The molecule has 1 N–H and O–H groups in total. The van der Waals surface area contributed by atoms with Crippen LogP contribution in [0.2, 0.25) is 0 Å². The first-order valence-electron chi connectivity index (χ1n) is 8.19. The number of nitrogens with one attached hydrogen (secondary N) is 1. The SMILES string of the molecule is CCNC(=NCC1CN(C)CCO1)N1CCN(C(C)=O)CC1. The molecule has 126 valence electrons. The van der Waals surface area contributed by atoms with E-state index in [1.54, 1.807) is 6.92 Å². The molecule has 0 spiro atoms. The minimum atomic E-state index is 0.153. The Morgan fingerprint density at radius 1 is 1.23 bits per heavy atom. The van der Waals surface area contributed by atoms with Gasteiger partial charge >= 0.3 is 0 Å². The summed E-state index contributed by atoms with van der Waals surface area (Å²) in [5.41, 5.74) is 0. The molecule has 2 heterocycles. The Kier molecular flexibility index (Phi) is 6.45. The summed E-state index contributed by atoms with van der Waals surface area (Å²) < 4.78 is 5.76. The predicted octanol–water partition coefficient (Wildman–Crippen LogP) is -0.553. The number of ether oxygens (including phenoxy) is 1. The molecule has 1 atom stereocenters. The quantitative estimate of drug-likeness (QED) is 0.560. The monoisotopic (exact) mass is 311 g/mol. The van der Waals surface area contributed by atoms with Crippen LogP contribution in [0.5, 0.6) is 0 Å². The van der Waals surface area contributed by atoms with E-state index >= 15 is 0 Å². The molecule has 1 amide bonds. The van der Waals surface area contributed by atoms with Gasteiger partial charge in [-0.1, -0.05) is 0 Å². The molecular weight excluding hydrogens is 282 g/mol. The third kappa shape index (κ3) is 4.84. The Morgan fingerprint density at radius 3 is 2.50 bits per heavy atom. The van der Waals surface area contributed by atoms with Crippen LogP contribution in [0.4, 0.5) is 0 Å². The van der Waals surface area contributed by atoms with Gasteiger partial charge in [0.2, 0.25) is 5.91 Å². The third-order valence-corrected chi connectivity index (χ3v) is 4.15. The number of guanidine groups is 1. The molecule has 0 aromatic rings. The van der Waals surface area contributed by atoms with Crippen molar-refractivity contribution in [3.63, 3.8) is 0 Å². The van der Waals surface area contributed by atoms with E-state index in [1.807, 2.05) is 4.90 Å². The Morgan fingerprint density at radius 2 is 1.91 bits per heavy atom. The van der Waals surface area contributed by atoms with Crippen LogP contribution in [0.25, 0.3) is 0 Å². The smallest absolute Gasteiger partial charge is 0.219 e. The first-order valence-corrected chi connectivity index (χ1v) is 8.19. The Hall–Kier alpha value is -1.34. The van der Waals surface area contributed by atoms with Crippen molar-refractivity contribution >= 4 is 11.9 Å². The molecule has 1 unspecified atom stereocenters. The van der Waals surface area contributed by atoms with Crippen molar-refractivity contribution in [2.75, 3.05) is 66.0 Å². The maximum atomic E-state index is 11.4. The Labute approximate surface area is 133 Å². The zero-order valence-electron chi connectivity index (χ0n) is 14.0. The van der Waals surface area contributed by atoms with Crippen molar-refractivity contribution in [1.29, 1.82) is 0 Å². The summed E-state index contributed by atoms with van der Waals surface area (Å²) in [6, 6.07) is 0. The van der Waals surface area contributed by atoms with Gasteiger partial charge in [0, 0.05) is 52.7 Å². The molecule has 2 saturated heterocycles. The largest absolute Gasteiger partial charge is 0.374 e. The lowest BCUT2D eigenvalue weighted by Gasteiger charge is -2.36. The zero-order valence-corrected chi connectivity index (χ0v) is 14.0. The summed E-state index contributed by atoms with van der Waals surface area (Å²) in [6.07, 6.45) is 0.172. The molecule has 0 bridgehead atoms. The van der Waals surface area contributed by atoms with E-state index in [9.17, 15) is 4.79 Å². The van der Waals surface area contributed by atoms with Crippen LogP contribution in [0.15, 0.2) is 4.99 Å². The highest BCUT2D eigenvalue weighted by Gasteiger charge is 2.22. The van der Waals surface area contributed by atoms with Gasteiger partial charge < -0.3 is 24.8 Å². The van der Waals surface area contributed by atoms with Crippen LogP contribution in [0, 0.1) is 0 Å². The normalized spacial score (nSPS) is 24.5. The number of likely N-dealkylation sites (N-methyl/N-ethyl adjacent to an activating group) is 1. The second-order valence-electron chi connectivity index (χ2n) is 5.94. The number of hydrogen-bond acceptors (Lipinski definition) is 4. The number of piperazine rings is 1. The zero-order chi connectivity index (χ0) is 15.9. The van der Waals surface area contributed by atoms with Gasteiger partial charge in [-0.05, 0) is 14.0 Å². The molecule has 22 heavy (non-hydrogen) atoms. The van der Waals surface area contributed by atoms with Crippen LogP contribution in [-0.2, 0) is 9.53 Å². The highest BCUT2D eigenvalue weighted by molar-refractivity contribution is 5.80. The Balaban J connectivity index is 1.88. The summed E-state index contributed by atoms with van der Waals surface area (Å²) in [6.45, 7) is 11.1. The van der Waals surface area contributed by atoms with Gasteiger partial charge in [-0.3, -0.25) is 9.79 Å². The number of rotatable bonds is 3. The van der Waals surface area contributed by atoms with E-state index in [4.69, 9.17) is 9.73 Å². The van der Waals surface area contributed by atoms with Crippen molar-refractivity contribution in [2.24, 2.45) is 4.99 Å². The highest BCUT2D eigenvalue weighted by atomic mass is 16.5. The fourth-order valence-electron chi connectivity index (χ4n) is 2.82. The summed E-state index contributed by atoms with van der Waals surface area (Å²) in [7, 11) is 2.12. The van der Waals surface area contributed by atoms with E-state index < -0.39 is 0 Å². The second kappa shape index (κ2) is 8.33. The average Bonchev–Trinajstić information content (AvgIpc) is 2.51. The topological polar surface area (TPSA) is 60.4 Å². The number of nitrogens with zero attached hydrogens (tertiary/aromatic N) is 4. The van der Waals surface area contributed by atoms with Crippen molar-refractivity contribution in [3.05, 3.63) is 0 Å². The molecule has 7 nitrogen and oxygen atoms in total. The van der Waals surface area contributed by atoms with Crippen LogP contribution in [-0.4, -0.2) is 98.7 Å². The number of morpholine rings is 1. The fourth-order valence-corrected chi connectivity index (χ4v) is 2.82. The van der Waals surface area contributed by atoms with Gasteiger partial charge in [-0.25, -0.2) is 0 Å². The molecule has 0 aromatic carbocycles. The molecule has 2 rings (SSSR count). The summed E-state index contributed by atoms with van der Waals surface area (Å²) in [5, 5.41) is 3.35. The van der Waals surface area contributed by atoms with Crippen LogP contribution in [0.1, 0.15) is 13.8 Å². The summed E-state index contributed by atoms with van der Waals surface area (Å²) in [5.74, 6) is 1.09. The first-order chi connectivity index (χ1) is 10.6. The third-order valence-electron chi connectivity index (χ3n) is 4.15. The van der Waals surface area contributed by atoms with E-state index in [0.29, 0.717) is 6.54 Å². The van der Waals surface area contributed by atoms with Crippen molar-refractivity contribution in [3.8, 4) is 0 Å². The molecule has 2 fully saturated rings. The maximum absolute atomic E-state index is 11.4. The van der Waals surface area contributed by atoms with E-state index in [1.165, 1.54) is 0 Å². The fraction of sp³-hybridized carbons (Fsp3) is 0.867. The molecule has 0 radical (unpaired) electrons. The predicted molar refractivity (Wildman–Crippen MR) is 87.0 cm³/mol. The lowest BCUT2D eigenvalue weighted by molar-refractivity contribution is -0.130. The van der Waals surface area contributed by atoms with Crippen molar-refractivity contribution < 1.29 is 9.53 Å². The van der Waals surface area contributed by atoms with E-state index in [2.05, 4.69) is 29.1 Å². The second-order valence-corrected chi connectivity index (χ2v) is 5.94. The number of carbonyl (C=O) groups excluding carboxylic acids is 1. The van der Waals surface area contributed by atoms with Gasteiger partial charge in [0.1, 0.15) is 0 Å². The number of carbonyl (C=O) groups is 1. The lowest BCUT2D eigenvalue weighted by Crippen LogP contribution is -2.53. The summed E-state index contributed by atoms with van der Waals surface area (Å²) in [4.78, 5) is 22.5. The minimum absolute atomic E-state index is 0.153. The first kappa shape index (κ1) is 17.0. The standard InChI is InChI=1S/C15H29N5O2/c1-4-16-15(17-11-14-12-18(3)9-10-22-14)20-7-5-19(6-8-20)13(2)21/h14H,4-12H2,1-3H3,(H,16,17). The molecule has 7 heteroatoms. The lowest BCUT2D eigenvalue weighted by atomic mass is 10.3. The molecule has 0 aliphatic carbocycles. The molecular formula is C15H29N5O2. The van der Waals surface area contributed by atoms with Gasteiger partial charge in [0.05, 0.1) is 19.3 Å². The number of aliphatic imine (C=N–C) groups is 1. The van der Waals surface area contributed by atoms with Crippen LogP contribution in [0.3, 0.4) is 0 Å². The molecule has 2 aliphatic rings. The van der Waals surface area contributed by atoms with Gasteiger partial charge in [0.15, 0.2) is 5.96 Å².